The minimum atomic E-state index is -4.01. The van der Waals surface area contributed by atoms with Crippen LogP contribution in [0.15, 0.2) is 52.1 Å². The lowest BCUT2D eigenvalue weighted by Gasteiger charge is -2.17. The van der Waals surface area contributed by atoms with Gasteiger partial charge in [0.25, 0.3) is 10.0 Å². The highest BCUT2D eigenvalue weighted by atomic mass is 79.9. The van der Waals surface area contributed by atoms with Gasteiger partial charge in [-0.15, -0.1) is 0 Å². The Morgan fingerprint density at radius 1 is 1.29 bits per heavy atom. The summed E-state index contributed by atoms with van der Waals surface area (Å²) in [7, 11) is -4.01. The van der Waals surface area contributed by atoms with Crippen LogP contribution in [0.1, 0.15) is 24.9 Å². The van der Waals surface area contributed by atoms with Crippen molar-refractivity contribution >= 4 is 26.0 Å². The van der Waals surface area contributed by atoms with E-state index in [0.29, 0.717) is 6.42 Å². The summed E-state index contributed by atoms with van der Waals surface area (Å²) >= 11 is 3.33. The van der Waals surface area contributed by atoms with Crippen molar-refractivity contribution in [3.63, 3.8) is 0 Å². The molecule has 112 valence electrons. The standard InChI is InChI=1S/C14H14BrFN2O2S/c1-2-13(10-5-7-11(15)8-6-10)18-21(19,20)14-12(16)4-3-9-17-14/h3-9,13,18H,2H2,1H3. The Balaban J connectivity index is 2.30. The van der Waals surface area contributed by atoms with Gasteiger partial charge in [-0.3, -0.25) is 0 Å². The lowest BCUT2D eigenvalue weighted by molar-refractivity contribution is 0.526. The molecule has 1 atom stereocenters. The topological polar surface area (TPSA) is 59.1 Å². The molecule has 1 N–H and O–H groups in total. The Kier molecular flexibility index (Phi) is 5.08. The smallest absolute Gasteiger partial charge is 0.241 e. The Hall–Kier alpha value is -1.31. The number of halogens is 2. The van der Waals surface area contributed by atoms with E-state index in [1.54, 1.807) is 0 Å². The molecule has 1 aromatic carbocycles. The second kappa shape index (κ2) is 6.64. The van der Waals surface area contributed by atoms with Crippen LogP contribution in [0.5, 0.6) is 0 Å². The van der Waals surface area contributed by atoms with Gasteiger partial charge in [0.05, 0.1) is 0 Å². The number of nitrogens with zero attached hydrogens (tertiary/aromatic N) is 1. The Labute approximate surface area is 131 Å². The van der Waals surface area contributed by atoms with Crippen molar-refractivity contribution in [1.29, 1.82) is 0 Å². The summed E-state index contributed by atoms with van der Waals surface area (Å²) in [5.74, 6) is -0.865. The molecule has 1 heterocycles. The molecule has 0 aliphatic heterocycles. The summed E-state index contributed by atoms with van der Waals surface area (Å²) in [5.41, 5.74) is 0.806. The number of rotatable bonds is 5. The highest BCUT2D eigenvalue weighted by molar-refractivity contribution is 9.10. The molecule has 0 aliphatic carbocycles. The molecule has 7 heteroatoms. The van der Waals surface area contributed by atoms with Crippen molar-refractivity contribution in [2.75, 3.05) is 0 Å². The zero-order valence-corrected chi connectivity index (χ0v) is 13.7. The second-order valence-electron chi connectivity index (χ2n) is 4.42. The van der Waals surface area contributed by atoms with Gasteiger partial charge in [0.2, 0.25) is 5.03 Å². The van der Waals surface area contributed by atoms with E-state index in [1.807, 2.05) is 31.2 Å². The van der Waals surface area contributed by atoms with Crippen molar-refractivity contribution in [3.05, 3.63) is 58.4 Å². The molecule has 0 amide bonds. The average molecular weight is 373 g/mol. The van der Waals surface area contributed by atoms with Gasteiger partial charge in [0, 0.05) is 16.7 Å². The molecule has 1 aromatic heterocycles. The first-order valence-electron chi connectivity index (χ1n) is 6.32. The molecule has 0 spiro atoms. The highest BCUT2D eigenvalue weighted by Crippen LogP contribution is 2.22. The van der Waals surface area contributed by atoms with Crippen LogP contribution < -0.4 is 4.72 Å². The fraction of sp³-hybridized carbons (Fsp3) is 0.214. The lowest BCUT2D eigenvalue weighted by Crippen LogP contribution is -2.29. The van der Waals surface area contributed by atoms with E-state index in [0.717, 1.165) is 16.1 Å². The molecule has 0 saturated heterocycles. The van der Waals surface area contributed by atoms with Crippen LogP contribution in [0.3, 0.4) is 0 Å². The third-order valence-corrected chi connectivity index (χ3v) is 4.89. The highest BCUT2D eigenvalue weighted by Gasteiger charge is 2.24. The Morgan fingerprint density at radius 3 is 2.52 bits per heavy atom. The molecule has 0 fully saturated rings. The summed E-state index contributed by atoms with van der Waals surface area (Å²) in [5, 5.41) is -0.583. The van der Waals surface area contributed by atoms with Gasteiger partial charge in [-0.25, -0.2) is 22.5 Å². The average Bonchev–Trinajstić information content (AvgIpc) is 2.46. The van der Waals surface area contributed by atoms with Gasteiger partial charge < -0.3 is 0 Å². The molecule has 1 unspecified atom stereocenters. The van der Waals surface area contributed by atoms with E-state index in [2.05, 4.69) is 25.6 Å². The summed E-state index contributed by atoms with van der Waals surface area (Å²) in [6.07, 6.45) is 1.79. The number of sulfonamides is 1. The molecule has 0 saturated carbocycles. The summed E-state index contributed by atoms with van der Waals surface area (Å²) in [6.45, 7) is 1.85. The van der Waals surface area contributed by atoms with Crippen molar-refractivity contribution in [2.45, 2.75) is 24.4 Å². The minimum absolute atomic E-state index is 0.440. The van der Waals surface area contributed by atoms with Crippen LogP contribution in [0.25, 0.3) is 0 Å². The van der Waals surface area contributed by atoms with Crippen LogP contribution >= 0.6 is 15.9 Å². The van der Waals surface area contributed by atoms with Gasteiger partial charge in [0.1, 0.15) is 0 Å². The van der Waals surface area contributed by atoms with Gasteiger partial charge in [0.15, 0.2) is 5.82 Å². The first-order chi connectivity index (χ1) is 9.94. The van der Waals surface area contributed by atoms with Crippen LogP contribution in [0, 0.1) is 5.82 Å². The first kappa shape index (κ1) is 16.1. The maximum Gasteiger partial charge on any atom is 0.261 e. The third kappa shape index (κ3) is 3.87. The normalized spacial score (nSPS) is 13.1. The fourth-order valence-electron chi connectivity index (χ4n) is 1.89. The third-order valence-electron chi connectivity index (χ3n) is 2.96. The molecular weight excluding hydrogens is 359 g/mol. The molecule has 0 bridgehead atoms. The van der Waals surface area contributed by atoms with Crippen molar-refractivity contribution < 1.29 is 12.8 Å². The quantitative estimate of drug-likeness (QED) is 0.874. The van der Waals surface area contributed by atoms with Gasteiger partial charge in [-0.2, -0.15) is 0 Å². The number of benzene rings is 1. The van der Waals surface area contributed by atoms with E-state index >= 15 is 0 Å². The van der Waals surface area contributed by atoms with Gasteiger partial charge in [-0.1, -0.05) is 35.0 Å². The number of hydrogen-bond donors (Lipinski definition) is 1. The van der Waals surface area contributed by atoms with Gasteiger partial charge >= 0.3 is 0 Å². The monoisotopic (exact) mass is 372 g/mol. The second-order valence-corrected chi connectivity index (χ2v) is 6.97. The van der Waals surface area contributed by atoms with Crippen molar-refractivity contribution in [1.82, 2.24) is 9.71 Å². The molecule has 4 nitrogen and oxygen atoms in total. The predicted octanol–water partition coefficient (Wildman–Crippen LogP) is 3.41. The molecular formula is C14H14BrFN2O2S. The predicted molar refractivity (Wildman–Crippen MR) is 81.7 cm³/mol. The van der Waals surface area contributed by atoms with E-state index < -0.39 is 26.9 Å². The Bertz CT molecular complexity index is 720. The minimum Gasteiger partial charge on any atom is -0.241 e. The van der Waals surface area contributed by atoms with Crippen molar-refractivity contribution in [2.24, 2.45) is 0 Å². The molecule has 0 aliphatic rings. The van der Waals surface area contributed by atoms with Crippen LogP contribution in [0.2, 0.25) is 0 Å². The summed E-state index contributed by atoms with van der Waals surface area (Å²) in [4.78, 5) is 3.61. The maximum absolute atomic E-state index is 13.6. The van der Waals surface area contributed by atoms with Crippen LogP contribution in [0.4, 0.5) is 4.39 Å². The number of pyridine rings is 1. The zero-order valence-electron chi connectivity index (χ0n) is 11.3. The van der Waals surface area contributed by atoms with E-state index in [1.165, 1.54) is 12.3 Å². The SMILES string of the molecule is CCC(NS(=O)(=O)c1ncccc1F)c1ccc(Br)cc1. The van der Waals surface area contributed by atoms with Crippen molar-refractivity contribution in [3.8, 4) is 0 Å². The van der Waals surface area contributed by atoms with E-state index in [-0.39, 0.29) is 0 Å². The largest absolute Gasteiger partial charge is 0.261 e. The van der Waals surface area contributed by atoms with Crippen LogP contribution in [-0.2, 0) is 10.0 Å². The number of hydrogen-bond acceptors (Lipinski definition) is 3. The molecule has 2 rings (SSSR count). The lowest BCUT2D eigenvalue weighted by atomic mass is 10.1. The zero-order chi connectivity index (χ0) is 15.5. The van der Waals surface area contributed by atoms with Crippen LogP contribution in [-0.4, -0.2) is 13.4 Å². The Morgan fingerprint density at radius 2 is 1.95 bits per heavy atom. The van der Waals surface area contributed by atoms with E-state index in [4.69, 9.17) is 0 Å². The summed E-state index contributed by atoms with van der Waals surface area (Å²) < 4.78 is 41.5. The first-order valence-corrected chi connectivity index (χ1v) is 8.60. The molecule has 21 heavy (non-hydrogen) atoms. The van der Waals surface area contributed by atoms with E-state index in [9.17, 15) is 12.8 Å². The maximum atomic E-state index is 13.6. The summed E-state index contributed by atoms with van der Waals surface area (Å²) in [6, 6.07) is 9.26. The number of nitrogens with one attached hydrogen (secondary N) is 1. The number of aromatic nitrogens is 1. The molecule has 0 radical (unpaired) electrons. The van der Waals surface area contributed by atoms with Gasteiger partial charge in [-0.05, 0) is 36.2 Å². The fourth-order valence-corrected chi connectivity index (χ4v) is 3.47. The molecule has 2 aromatic rings.